The van der Waals surface area contributed by atoms with Crippen molar-refractivity contribution in [3.63, 3.8) is 0 Å². The summed E-state index contributed by atoms with van der Waals surface area (Å²) in [5.41, 5.74) is 1.38. The van der Waals surface area contributed by atoms with E-state index in [2.05, 4.69) is 5.32 Å². The number of thioether (sulfide) groups is 1. The maximum absolute atomic E-state index is 13.2. The molecule has 9 heteroatoms. The standard InChI is InChI=1S/C23H26Cl4N2O2S/c1-4-14(2)28-23(31)15(3)29(11-16-18(24)7-5-8-19(16)25)22(30)13-32-12-17-20(26)9-6-10-21(17)27/h5-10,14-15H,4,11-13H2,1-3H3,(H,28,31). The molecule has 2 aromatic rings. The van der Waals surface area contributed by atoms with E-state index in [0.717, 1.165) is 12.0 Å². The average molecular weight is 536 g/mol. The van der Waals surface area contributed by atoms with Crippen LogP contribution >= 0.6 is 58.2 Å². The summed E-state index contributed by atoms with van der Waals surface area (Å²) in [6.45, 7) is 5.74. The predicted octanol–water partition coefficient (Wildman–Crippen LogP) is 6.87. The van der Waals surface area contributed by atoms with Crippen molar-refractivity contribution in [1.82, 2.24) is 10.2 Å². The molecule has 2 unspecified atom stereocenters. The van der Waals surface area contributed by atoms with E-state index in [1.165, 1.54) is 16.7 Å². The molecular weight excluding hydrogens is 510 g/mol. The number of amides is 2. The molecular formula is C23H26Cl4N2O2S. The molecule has 2 atom stereocenters. The zero-order valence-electron chi connectivity index (χ0n) is 18.1. The van der Waals surface area contributed by atoms with E-state index in [1.807, 2.05) is 13.8 Å². The minimum Gasteiger partial charge on any atom is -0.352 e. The van der Waals surface area contributed by atoms with Gasteiger partial charge < -0.3 is 10.2 Å². The molecule has 1 N–H and O–H groups in total. The van der Waals surface area contributed by atoms with Gasteiger partial charge in [-0.3, -0.25) is 9.59 Å². The summed E-state index contributed by atoms with van der Waals surface area (Å²) in [7, 11) is 0. The molecule has 0 aliphatic heterocycles. The van der Waals surface area contributed by atoms with E-state index in [-0.39, 0.29) is 30.2 Å². The number of hydrogen-bond donors (Lipinski definition) is 1. The molecule has 0 heterocycles. The van der Waals surface area contributed by atoms with Gasteiger partial charge in [0, 0.05) is 44.0 Å². The van der Waals surface area contributed by atoms with Gasteiger partial charge in [0.25, 0.3) is 0 Å². The van der Waals surface area contributed by atoms with Crippen molar-refractivity contribution in [1.29, 1.82) is 0 Å². The Labute approximate surface area is 213 Å². The highest BCUT2D eigenvalue weighted by Crippen LogP contribution is 2.29. The molecule has 2 rings (SSSR count). The van der Waals surface area contributed by atoms with E-state index < -0.39 is 6.04 Å². The van der Waals surface area contributed by atoms with Crippen molar-refractivity contribution < 1.29 is 9.59 Å². The van der Waals surface area contributed by atoms with Crippen LogP contribution in [0.4, 0.5) is 0 Å². The van der Waals surface area contributed by atoms with Crippen LogP contribution in [0.15, 0.2) is 36.4 Å². The van der Waals surface area contributed by atoms with Gasteiger partial charge in [-0.05, 0) is 50.1 Å². The number of carbonyl (C=O) groups is 2. The maximum Gasteiger partial charge on any atom is 0.242 e. The minimum absolute atomic E-state index is 0.00235. The van der Waals surface area contributed by atoms with Gasteiger partial charge in [-0.2, -0.15) is 0 Å². The third kappa shape index (κ3) is 7.46. The largest absolute Gasteiger partial charge is 0.352 e. The normalized spacial score (nSPS) is 12.8. The first-order chi connectivity index (χ1) is 15.1. The van der Waals surface area contributed by atoms with Crippen LogP contribution in [0.1, 0.15) is 38.3 Å². The molecule has 0 aliphatic carbocycles. The van der Waals surface area contributed by atoms with Crippen LogP contribution in [-0.2, 0) is 21.9 Å². The number of nitrogens with zero attached hydrogens (tertiary/aromatic N) is 1. The Morgan fingerprint density at radius 3 is 1.94 bits per heavy atom. The van der Waals surface area contributed by atoms with Crippen LogP contribution in [0.3, 0.4) is 0 Å². The summed E-state index contributed by atoms with van der Waals surface area (Å²) in [6.07, 6.45) is 0.789. The van der Waals surface area contributed by atoms with Gasteiger partial charge in [0.15, 0.2) is 0 Å². The third-order valence-corrected chi connectivity index (χ3v) is 7.45. The van der Waals surface area contributed by atoms with Crippen LogP contribution in [0, 0.1) is 0 Å². The fourth-order valence-corrected chi connectivity index (χ4v) is 5.06. The molecule has 0 aromatic heterocycles. The number of hydrogen-bond acceptors (Lipinski definition) is 3. The lowest BCUT2D eigenvalue weighted by Crippen LogP contribution is -2.50. The summed E-state index contributed by atoms with van der Waals surface area (Å²) in [5, 5.41) is 4.93. The fraction of sp³-hybridized carbons (Fsp3) is 0.391. The lowest BCUT2D eigenvalue weighted by atomic mass is 10.1. The summed E-state index contributed by atoms with van der Waals surface area (Å²) < 4.78 is 0. The van der Waals surface area contributed by atoms with Crippen molar-refractivity contribution in [2.24, 2.45) is 0 Å². The second kappa shape index (κ2) is 13.0. The molecule has 0 spiro atoms. The molecule has 2 aromatic carbocycles. The summed E-state index contributed by atoms with van der Waals surface area (Å²) in [6, 6.07) is 9.76. The van der Waals surface area contributed by atoms with E-state index in [4.69, 9.17) is 46.4 Å². The van der Waals surface area contributed by atoms with E-state index in [9.17, 15) is 9.59 Å². The topological polar surface area (TPSA) is 49.4 Å². The van der Waals surface area contributed by atoms with E-state index in [1.54, 1.807) is 43.3 Å². The Morgan fingerprint density at radius 2 is 1.44 bits per heavy atom. The molecule has 4 nitrogen and oxygen atoms in total. The molecule has 2 amide bonds. The van der Waals surface area contributed by atoms with E-state index >= 15 is 0 Å². The first kappa shape index (κ1) is 27.1. The average Bonchev–Trinajstić information content (AvgIpc) is 2.74. The zero-order chi connectivity index (χ0) is 23.8. The second-order valence-corrected chi connectivity index (χ2v) is 10.0. The number of rotatable bonds is 10. The zero-order valence-corrected chi connectivity index (χ0v) is 22.0. The van der Waals surface area contributed by atoms with Gasteiger partial charge in [0.05, 0.1) is 5.75 Å². The Balaban J connectivity index is 2.18. The molecule has 0 saturated carbocycles. The smallest absolute Gasteiger partial charge is 0.242 e. The lowest BCUT2D eigenvalue weighted by Gasteiger charge is -2.30. The van der Waals surface area contributed by atoms with Crippen LogP contribution in [0.25, 0.3) is 0 Å². The van der Waals surface area contributed by atoms with Crippen LogP contribution < -0.4 is 5.32 Å². The Bertz CT molecular complexity index is 917. The molecule has 0 aliphatic rings. The Hall–Kier alpha value is -1.11. The number of carbonyl (C=O) groups excluding carboxylic acids is 2. The Morgan fingerprint density at radius 1 is 0.938 bits per heavy atom. The minimum atomic E-state index is -0.701. The number of benzene rings is 2. The van der Waals surface area contributed by atoms with Crippen LogP contribution in [0.2, 0.25) is 20.1 Å². The lowest BCUT2D eigenvalue weighted by molar-refractivity contribution is -0.138. The first-order valence-corrected chi connectivity index (χ1v) is 12.9. The number of nitrogens with one attached hydrogen (secondary N) is 1. The van der Waals surface area contributed by atoms with Crippen LogP contribution in [-0.4, -0.2) is 34.6 Å². The molecule has 0 saturated heterocycles. The molecule has 0 fully saturated rings. The van der Waals surface area contributed by atoms with Crippen molar-refractivity contribution in [3.8, 4) is 0 Å². The quantitative estimate of drug-likeness (QED) is 0.361. The summed E-state index contributed by atoms with van der Waals surface area (Å²) in [5.74, 6) is 0.180. The van der Waals surface area contributed by atoms with Gasteiger partial charge in [-0.25, -0.2) is 0 Å². The van der Waals surface area contributed by atoms with Crippen LogP contribution in [0.5, 0.6) is 0 Å². The predicted molar refractivity (Wildman–Crippen MR) is 137 cm³/mol. The molecule has 0 radical (unpaired) electrons. The monoisotopic (exact) mass is 534 g/mol. The SMILES string of the molecule is CCC(C)NC(=O)C(C)N(Cc1c(Cl)cccc1Cl)C(=O)CSCc1c(Cl)cccc1Cl. The molecule has 174 valence electrons. The van der Waals surface area contributed by atoms with Crippen molar-refractivity contribution in [2.45, 2.75) is 51.6 Å². The number of halogens is 4. The third-order valence-electron chi connectivity index (χ3n) is 5.09. The van der Waals surface area contributed by atoms with Crippen molar-refractivity contribution in [2.75, 3.05) is 5.75 Å². The second-order valence-electron chi connectivity index (χ2n) is 7.41. The van der Waals surface area contributed by atoms with Gasteiger partial charge in [-0.15, -0.1) is 11.8 Å². The first-order valence-electron chi connectivity index (χ1n) is 10.2. The molecule has 32 heavy (non-hydrogen) atoms. The molecule has 0 bridgehead atoms. The van der Waals surface area contributed by atoms with E-state index in [0.29, 0.717) is 31.4 Å². The van der Waals surface area contributed by atoms with Gasteiger partial charge in [0.1, 0.15) is 6.04 Å². The fourth-order valence-electron chi connectivity index (χ4n) is 2.90. The maximum atomic E-state index is 13.2. The van der Waals surface area contributed by atoms with Crippen molar-refractivity contribution in [3.05, 3.63) is 67.6 Å². The van der Waals surface area contributed by atoms with Gasteiger partial charge in [-0.1, -0.05) is 65.5 Å². The van der Waals surface area contributed by atoms with Crippen molar-refractivity contribution >= 4 is 70.0 Å². The highest BCUT2D eigenvalue weighted by Gasteiger charge is 2.28. The van der Waals surface area contributed by atoms with Gasteiger partial charge in [0.2, 0.25) is 11.8 Å². The highest BCUT2D eigenvalue weighted by molar-refractivity contribution is 7.99. The summed E-state index contributed by atoms with van der Waals surface area (Å²) >= 11 is 26.5. The summed E-state index contributed by atoms with van der Waals surface area (Å²) in [4.78, 5) is 27.5. The highest BCUT2D eigenvalue weighted by atomic mass is 35.5. The Kier molecular flexibility index (Phi) is 11.0. The van der Waals surface area contributed by atoms with Gasteiger partial charge >= 0.3 is 0 Å².